The van der Waals surface area contributed by atoms with E-state index < -0.39 is 0 Å². The van der Waals surface area contributed by atoms with Crippen LogP contribution in [0, 0.1) is 23.7 Å². The Bertz CT molecular complexity index is 343. The van der Waals surface area contributed by atoms with E-state index in [9.17, 15) is 5.11 Å². The molecule has 1 aliphatic heterocycles. The maximum absolute atomic E-state index is 9.56. The number of hydrogen-bond acceptors (Lipinski definition) is 2. The van der Waals surface area contributed by atoms with Crippen molar-refractivity contribution in [3.63, 3.8) is 0 Å². The normalized spacial score (nSPS) is 42.3. The summed E-state index contributed by atoms with van der Waals surface area (Å²) in [5.41, 5.74) is 0. The molecule has 3 rings (SSSR count). The van der Waals surface area contributed by atoms with Crippen molar-refractivity contribution in [3.05, 3.63) is 12.7 Å². The fourth-order valence-corrected chi connectivity index (χ4v) is 5.16. The zero-order chi connectivity index (χ0) is 16.1. The third kappa shape index (κ3) is 5.06. The Hall–Kier alpha value is -0.340. The molecule has 2 atom stereocenters. The average molecular weight is 321 g/mol. The van der Waals surface area contributed by atoms with Crippen molar-refractivity contribution in [1.29, 1.82) is 0 Å². The van der Waals surface area contributed by atoms with Crippen LogP contribution in [-0.4, -0.2) is 23.9 Å². The minimum absolute atomic E-state index is 0.209. The van der Waals surface area contributed by atoms with Gasteiger partial charge in [0, 0.05) is 0 Å². The molecule has 0 aromatic rings. The lowest BCUT2D eigenvalue weighted by Gasteiger charge is -2.37. The number of allylic oxidation sites excluding steroid dienone is 1. The Morgan fingerprint density at radius 1 is 0.826 bits per heavy atom. The lowest BCUT2D eigenvalue weighted by atomic mass is 9.74. The second-order valence-electron chi connectivity index (χ2n) is 8.48. The first kappa shape index (κ1) is 17.5. The molecule has 0 aromatic heterocycles. The van der Waals surface area contributed by atoms with Crippen molar-refractivity contribution in [2.75, 3.05) is 6.61 Å². The monoisotopic (exact) mass is 320 g/mol. The number of hydrogen-bond donors (Lipinski definition) is 1. The second-order valence-corrected chi connectivity index (χ2v) is 8.48. The second kappa shape index (κ2) is 8.67. The fourth-order valence-electron chi connectivity index (χ4n) is 5.16. The molecule has 0 aromatic carbocycles. The van der Waals surface area contributed by atoms with Gasteiger partial charge in [-0.2, -0.15) is 0 Å². The molecule has 2 aliphatic carbocycles. The van der Waals surface area contributed by atoms with E-state index in [-0.39, 0.29) is 6.10 Å². The highest BCUT2D eigenvalue weighted by Gasteiger charge is 2.31. The lowest BCUT2D eigenvalue weighted by molar-refractivity contribution is -0.0860. The van der Waals surface area contributed by atoms with Gasteiger partial charge < -0.3 is 9.84 Å². The quantitative estimate of drug-likeness (QED) is 0.714. The first-order valence-corrected chi connectivity index (χ1v) is 10.2. The van der Waals surface area contributed by atoms with E-state index in [1.807, 2.05) is 0 Å². The van der Waals surface area contributed by atoms with Crippen LogP contribution in [0.5, 0.6) is 0 Å². The number of ether oxygens (including phenoxy) is 1. The van der Waals surface area contributed by atoms with Crippen LogP contribution in [0.4, 0.5) is 0 Å². The standard InChI is InChI=1S/C21H36O2/c1-2-16-3-5-17(6-4-16)7-8-18-9-11-19(12-10-18)21-14-13-20(22)15-23-21/h2,16-22H,1,3-15H2. The summed E-state index contributed by atoms with van der Waals surface area (Å²) in [6, 6.07) is 0. The van der Waals surface area contributed by atoms with E-state index in [1.54, 1.807) is 0 Å². The lowest BCUT2D eigenvalue weighted by Crippen LogP contribution is -2.36. The molecular formula is C21H36O2. The van der Waals surface area contributed by atoms with E-state index in [1.165, 1.54) is 64.2 Å². The van der Waals surface area contributed by atoms with Gasteiger partial charge in [-0.25, -0.2) is 0 Å². The molecule has 2 heteroatoms. The predicted octanol–water partition coefficient (Wildman–Crippen LogP) is 5.11. The van der Waals surface area contributed by atoms with Crippen molar-refractivity contribution < 1.29 is 9.84 Å². The summed E-state index contributed by atoms with van der Waals surface area (Å²) in [4.78, 5) is 0. The summed E-state index contributed by atoms with van der Waals surface area (Å²) in [7, 11) is 0. The van der Waals surface area contributed by atoms with E-state index in [4.69, 9.17) is 4.74 Å². The molecule has 1 heterocycles. The van der Waals surface area contributed by atoms with E-state index in [0.717, 1.165) is 36.5 Å². The fraction of sp³-hybridized carbons (Fsp3) is 0.905. The molecule has 2 nitrogen and oxygen atoms in total. The first-order chi connectivity index (χ1) is 11.2. The molecule has 0 bridgehead atoms. The van der Waals surface area contributed by atoms with Gasteiger partial charge in [0.25, 0.3) is 0 Å². The molecule has 1 saturated heterocycles. The van der Waals surface area contributed by atoms with Crippen molar-refractivity contribution in [3.8, 4) is 0 Å². The van der Waals surface area contributed by atoms with Crippen LogP contribution in [0.1, 0.15) is 77.0 Å². The predicted molar refractivity (Wildman–Crippen MR) is 95.3 cm³/mol. The largest absolute Gasteiger partial charge is 0.391 e. The highest BCUT2D eigenvalue weighted by molar-refractivity contribution is 4.85. The Labute approximate surface area is 142 Å². The van der Waals surface area contributed by atoms with Gasteiger partial charge in [-0.15, -0.1) is 6.58 Å². The van der Waals surface area contributed by atoms with Gasteiger partial charge in [-0.3, -0.25) is 0 Å². The van der Waals surface area contributed by atoms with E-state index in [2.05, 4.69) is 12.7 Å². The van der Waals surface area contributed by atoms with Gasteiger partial charge in [0.15, 0.2) is 0 Å². The molecule has 132 valence electrons. The summed E-state index contributed by atoms with van der Waals surface area (Å²) < 4.78 is 5.88. The summed E-state index contributed by atoms with van der Waals surface area (Å²) in [5, 5.41) is 9.56. The van der Waals surface area contributed by atoms with Crippen molar-refractivity contribution in [2.24, 2.45) is 23.7 Å². The number of rotatable bonds is 5. The van der Waals surface area contributed by atoms with Crippen LogP contribution in [0.3, 0.4) is 0 Å². The molecule has 23 heavy (non-hydrogen) atoms. The highest BCUT2D eigenvalue weighted by Crippen LogP contribution is 2.39. The molecule has 2 saturated carbocycles. The van der Waals surface area contributed by atoms with Gasteiger partial charge >= 0.3 is 0 Å². The molecule has 2 unspecified atom stereocenters. The molecule has 0 radical (unpaired) electrons. The van der Waals surface area contributed by atoms with Crippen molar-refractivity contribution >= 4 is 0 Å². The summed E-state index contributed by atoms with van der Waals surface area (Å²) in [5.74, 6) is 3.53. The average Bonchev–Trinajstić information content (AvgIpc) is 2.61. The van der Waals surface area contributed by atoms with Crippen LogP contribution < -0.4 is 0 Å². The molecule has 1 N–H and O–H groups in total. The Kier molecular flexibility index (Phi) is 6.59. The van der Waals surface area contributed by atoms with Crippen LogP contribution >= 0.6 is 0 Å². The Morgan fingerprint density at radius 2 is 1.43 bits per heavy atom. The van der Waals surface area contributed by atoms with Gasteiger partial charge in [-0.05, 0) is 75.0 Å². The summed E-state index contributed by atoms with van der Waals surface area (Å²) in [6.07, 6.45) is 18.5. The van der Waals surface area contributed by atoms with E-state index in [0.29, 0.717) is 12.7 Å². The SMILES string of the molecule is C=CC1CCC(CCC2CCC(C3CCC(O)CO3)CC2)CC1. The van der Waals surface area contributed by atoms with E-state index >= 15 is 0 Å². The first-order valence-electron chi connectivity index (χ1n) is 10.2. The molecule has 3 aliphatic rings. The van der Waals surface area contributed by atoms with Crippen LogP contribution in [0.25, 0.3) is 0 Å². The topological polar surface area (TPSA) is 29.5 Å². The van der Waals surface area contributed by atoms with Crippen LogP contribution in [-0.2, 0) is 4.74 Å². The zero-order valence-electron chi connectivity index (χ0n) is 14.8. The third-order valence-corrected chi connectivity index (χ3v) is 6.91. The van der Waals surface area contributed by atoms with Gasteiger partial charge in [0.05, 0.1) is 18.8 Å². The van der Waals surface area contributed by atoms with Crippen molar-refractivity contribution in [2.45, 2.75) is 89.3 Å². The molecule has 0 spiro atoms. The zero-order valence-corrected chi connectivity index (χ0v) is 14.8. The van der Waals surface area contributed by atoms with Crippen LogP contribution in [0.15, 0.2) is 12.7 Å². The van der Waals surface area contributed by atoms with Crippen LogP contribution in [0.2, 0.25) is 0 Å². The smallest absolute Gasteiger partial charge is 0.0774 e. The number of aliphatic hydroxyl groups excluding tert-OH is 1. The summed E-state index contributed by atoms with van der Waals surface area (Å²) >= 11 is 0. The Balaban J connectivity index is 1.31. The van der Waals surface area contributed by atoms with Crippen molar-refractivity contribution in [1.82, 2.24) is 0 Å². The van der Waals surface area contributed by atoms with Gasteiger partial charge in [0.2, 0.25) is 0 Å². The van der Waals surface area contributed by atoms with Gasteiger partial charge in [0.1, 0.15) is 0 Å². The third-order valence-electron chi connectivity index (χ3n) is 6.91. The highest BCUT2D eigenvalue weighted by atomic mass is 16.5. The molecule has 0 amide bonds. The molecular weight excluding hydrogens is 284 g/mol. The maximum atomic E-state index is 9.56. The summed E-state index contributed by atoms with van der Waals surface area (Å²) in [6.45, 7) is 4.52. The Morgan fingerprint density at radius 3 is 1.96 bits per heavy atom. The minimum atomic E-state index is -0.209. The molecule has 3 fully saturated rings. The minimum Gasteiger partial charge on any atom is -0.391 e. The number of aliphatic hydroxyl groups is 1. The van der Waals surface area contributed by atoms with Gasteiger partial charge in [-0.1, -0.05) is 31.8 Å². The maximum Gasteiger partial charge on any atom is 0.0774 e.